The summed E-state index contributed by atoms with van der Waals surface area (Å²) in [7, 11) is 1.59. The Morgan fingerprint density at radius 1 is 1.10 bits per heavy atom. The van der Waals surface area contributed by atoms with Gasteiger partial charge in [0.1, 0.15) is 6.04 Å². The van der Waals surface area contributed by atoms with Crippen molar-refractivity contribution in [3.63, 3.8) is 0 Å². The van der Waals surface area contributed by atoms with Crippen molar-refractivity contribution in [1.29, 1.82) is 0 Å². The van der Waals surface area contributed by atoms with E-state index in [1.807, 2.05) is 48.5 Å². The third kappa shape index (κ3) is 4.13. The molecular formula is C24H27NO5. The van der Waals surface area contributed by atoms with Crippen molar-refractivity contribution >= 4 is 11.9 Å². The number of carboxylic acids is 1. The first-order valence-corrected chi connectivity index (χ1v) is 10.5. The fourth-order valence-corrected chi connectivity index (χ4v) is 4.56. The maximum absolute atomic E-state index is 12.8. The Kier molecular flexibility index (Phi) is 5.93. The zero-order valence-corrected chi connectivity index (χ0v) is 17.1. The topological polar surface area (TPSA) is 76.1 Å². The molecule has 30 heavy (non-hydrogen) atoms. The first-order valence-electron chi connectivity index (χ1n) is 10.5. The number of ether oxygens (including phenoxy) is 2. The lowest BCUT2D eigenvalue weighted by atomic mass is 9.91. The van der Waals surface area contributed by atoms with Crippen molar-refractivity contribution in [3.05, 3.63) is 59.7 Å². The fraction of sp³-hybridized carbons (Fsp3) is 0.417. The van der Waals surface area contributed by atoms with Crippen molar-refractivity contribution in [1.82, 2.24) is 4.90 Å². The van der Waals surface area contributed by atoms with Crippen LogP contribution in [-0.2, 0) is 16.1 Å². The molecule has 2 aromatic rings. The van der Waals surface area contributed by atoms with Crippen LogP contribution in [0, 0.1) is 0 Å². The average molecular weight is 409 g/mol. The van der Waals surface area contributed by atoms with E-state index in [1.54, 1.807) is 7.11 Å². The number of nitrogens with zero attached hydrogens (tertiary/aromatic N) is 1. The molecule has 1 saturated carbocycles. The minimum Gasteiger partial charge on any atom is -0.493 e. The Morgan fingerprint density at radius 2 is 1.83 bits per heavy atom. The summed E-state index contributed by atoms with van der Waals surface area (Å²) >= 11 is 0. The second-order valence-electron chi connectivity index (χ2n) is 8.04. The lowest BCUT2D eigenvalue weighted by Crippen LogP contribution is -2.40. The molecule has 6 nitrogen and oxygen atoms in total. The van der Waals surface area contributed by atoms with E-state index in [-0.39, 0.29) is 25.0 Å². The van der Waals surface area contributed by atoms with Gasteiger partial charge >= 0.3 is 5.97 Å². The summed E-state index contributed by atoms with van der Waals surface area (Å²) in [5, 5.41) is 9.96. The Bertz CT molecular complexity index is 907. The number of amides is 1. The SMILES string of the molecule is COc1ccc([C@@H]2CC(=O)N(Cc3ccccc3)[C@H]2C(=O)O)cc1OC1CCCC1. The van der Waals surface area contributed by atoms with Gasteiger partial charge in [-0.1, -0.05) is 36.4 Å². The van der Waals surface area contributed by atoms with Gasteiger partial charge in [-0.25, -0.2) is 4.79 Å². The van der Waals surface area contributed by atoms with Crippen LogP contribution in [0.25, 0.3) is 0 Å². The lowest BCUT2D eigenvalue weighted by molar-refractivity contribution is -0.146. The van der Waals surface area contributed by atoms with Crippen molar-refractivity contribution in [2.45, 2.75) is 56.7 Å². The molecule has 2 fully saturated rings. The molecule has 1 amide bonds. The number of benzene rings is 2. The lowest BCUT2D eigenvalue weighted by Gasteiger charge is -2.25. The van der Waals surface area contributed by atoms with E-state index in [4.69, 9.17) is 9.47 Å². The molecule has 0 aromatic heterocycles. The molecular weight excluding hydrogens is 382 g/mol. The molecule has 6 heteroatoms. The highest BCUT2D eigenvalue weighted by atomic mass is 16.5. The Hall–Kier alpha value is -3.02. The van der Waals surface area contributed by atoms with E-state index < -0.39 is 17.9 Å². The van der Waals surface area contributed by atoms with Crippen LogP contribution in [0.4, 0.5) is 0 Å². The van der Waals surface area contributed by atoms with Gasteiger partial charge in [0.15, 0.2) is 11.5 Å². The van der Waals surface area contributed by atoms with Crippen LogP contribution in [0.5, 0.6) is 11.5 Å². The normalized spacial score (nSPS) is 21.8. The van der Waals surface area contributed by atoms with E-state index in [0.717, 1.165) is 36.8 Å². The summed E-state index contributed by atoms with van der Waals surface area (Å²) in [5.41, 5.74) is 1.71. The molecule has 1 aliphatic carbocycles. The van der Waals surface area contributed by atoms with Gasteiger partial charge in [0, 0.05) is 18.9 Å². The van der Waals surface area contributed by atoms with Crippen LogP contribution in [0.15, 0.2) is 48.5 Å². The number of rotatable bonds is 7. The molecule has 1 N–H and O–H groups in total. The standard InChI is InChI=1S/C24H27NO5/c1-29-20-12-11-17(13-21(20)30-18-9-5-6-10-18)19-14-22(26)25(23(19)24(27)28)15-16-7-3-2-4-8-16/h2-4,7-8,11-13,18-19,23H,5-6,9-10,14-15H2,1H3,(H,27,28)/t19-,23+/m0/s1. The van der Waals surface area contributed by atoms with Gasteiger partial charge < -0.3 is 19.5 Å². The predicted molar refractivity (Wildman–Crippen MR) is 112 cm³/mol. The molecule has 158 valence electrons. The van der Waals surface area contributed by atoms with Crippen molar-refractivity contribution in [3.8, 4) is 11.5 Å². The molecule has 4 rings (SSSR count). The summed E-state index contributed by atoms with van der Waals surface area (Å²) < 4.78 is 11.6. The van der Waals surface area contributed by atoms with E-state index in [0.29, 0.717) is 11.5 Å². The van der Waals surface area contributed by atoms with Gasteiger partial charge in [0.2, 0.25) is 5.91 Å². The van der Waals surface area contributed by atoms with Gasteiger partial charge in [-0.05, 0) is 48.9 Å². The van der Waals surface area contributed by atoms with Gasteiger partial charge in [-0.15, -0.1) is 0 Å². The smallest absolute Gasteiger partial charge is 0.327 e. The number of hydrogen-bond acceptors (Lipinski definition) is 4. The monoisotopic (exact) mass is 409 g/mol. The zero-order valence-electron chi connectivity index (χ0n) is 17.1. The summed E-state index contributed by atoms with van der Waals surface area (Å²) in [6.45, 7) is 0.286. The summed E-state index contributed by atoms with van der Waals surface area (Å²) in [6, 6.07) is 14.1. The largest absolute Gasteiger partial charge is 0.493 e. The number of carbonyl (C=O) groups is 2. The van der Waals surface area contributed by atoms with Gasteiger partial charge in [0.05, 0.1) is 13.2 Å². The first kappa shape index (κ1) is 20.3. The van der Waals surface area contributed by atoms with Crippen molar-refractivity contribution in [2.75, 3.05) is 7.11 Å². The summed E-state index contributed by atoms with van der Waals surface area (Å²) in [6.07, 6.45) is 4.65. The molecule has 2 aromatic carbocycles. The first-order chi connectivity index (χ1) is 14.6. The van der Waals surface area contributed by atoms with Gasteiger partial charge in [0.25, 0.3) is 0 Å². The maximum Gasteiger partial charge on any atom is 0.327 e. The predicted octanol–water partition coefficient (Wildman–Crippen LogP) is 3.99. The fourth-order valence-electron chi connectivity index (χ4n) is 4.56. The molecule has 1 saturated heterocycles. The Balaban J connectivity index is 1.61. The van der Waals surface area contributed by atoms with Crippen molar-refractivity contribution < 1.29 is 24.2 Å². The minimum atomic E-state index is -0.990. The zero-order chi connectivity index (χ0) is 21.1. The number of methoxy groups -OCH3 is 1. The second kappa shape index (κ2) is 8.78. The highest BCUT2D eigenvalue weighted by molar-refractivity contribution is 5.89. The minimum absolute atomic E-state index is 0.148. The maximum atomic E-state index is 12.8. The van der Waals surface area contributed by atoms with Gasteiger partial charge in [-0.2, -0.15) is 0 Å². The number of likely N-dealkylation sites (tertiary alicyclic amines) is 1. The molecule has 2 aliphatic rings. The Morgan fingerprint density at radius 3 is 2.50 bits per heavy atom. The number of aliphatic carboxylic acids is 1. The third-order valence-electron chi connectivity index (χ3n) is 6.09. The quantitative estimate of drug-likeness (QED) is 0.748. The van der Waals surface area contributed by atoms with Crippen LogP contribution >= 0.6 is 0 Å². The molecule has 1 heterocycles. The third-order valence-corrected chi connectivity index (χ3v) is 6.09. The van der Waals surface area contributed by atoms with Gasteiger partial charge in [-0.3, -0.25) is 4.79 Å². The molecule has 0 radical (unpaired) electrons. The molecule has 1 aliphatic heterocycles. The van der Waals surface area contributed by atoms with Crippen LogP contribution in [-0.4, -0.2) is 41.1 Å². The summed E-state index contributed by atoms with van der Waals surface area (Å²) in [4.78, 5) is 26.4. The highest BCUT2D eigenvalue weighted by Crippen LogP contribution is 2.40. The molecule has 2 atom stereocenters. The van der Waals surface area contributed by atoms with Crippen LogP contribution in [0.1, 0.15) is 49.1 Å². The van der Waals surface area contributed by atoms with E-state index in [1.165, 1.54) is 4.90 Å². The number of hydrogen-bond donors (Lipinski definition) is 1. The number of carboxylic acid groups (broad SMARTS) is 1. The molecule has 0 spiro atoms. The number of carbonyl (C=O) groups excluding carboxylic acids is 1. The molecule has 0 bridgehead atoms. The van der Waals surface area contributed by atoms with E-state index >= 15 is 0 Å². The highest BCUT2D eigenvalue weighted by Gasteiger charge is 2.45. The van der Waals surface area contributed by atoms with Crippen molar-refractivity contribution in [2.24, 2.45) is 0 Å². The van der Waals surface area contributed by atoms with Crippen LogP contribution in [0.2, 0.25) is 0 Å². The van der Waals surface area contributed by atoms with E-state index in [2.05, 4.69) is 0 Å². The molecule has 0 unspecified atom stereocenters. The van der Waals surface area contributed by atoms with E-state index in [9.17, 15) is 14.7 Å². The average Bonchev–Trinajstić information content (AvgIpc) is 3.37. The summed E-state index contributed by atoms with van der Waals surface area (Å²) in [5.74, 6) is -0.320. The Labute approximate surface area is 176 Å². The second-order valence-corrected chi connectivity index (χ2v) is 8.04. The van der Waals surface area contributed by atoms with Crippen LogP contribution in [0.3, 0.4) is 0 Å². The van der Waals surface area contributed by atoms with Crippen LogP contribution < -0.4 is 9.47 Å².